The summed E-state index contributed by atoms with van der Waals surface area (Å²) in [6.45, 7) is 8.25. The molecule has 1 atom stereocenters. The predicted octanol–water partition coefficient (Wildman–Crippen LogP) is 3.21. The minimum absolute atomic E-state index is 0.187. The van der Waals surface area contributed by atoms with Crippen molar-refractivity contribution >= 4 is 5.97 Å². The Balaban J connectivity index is 2.15. The molecular formula is C18H23N3O2. The van der Waals surface area contributed by atoms with E-state index >= 15 is 0 Å². The second-order valence-electron chi connectivity index (χ2n) is 5.88. The number of aromatic nitrogens is 2. The van der Waals surface area contributed by atoms with E-state index in [1.165, 1.54) is 12.5 Å². The zero-order chi connectivity index (χ0) is 17.0. The molecule has 122 valence electrons. The smallest absolute Gasteiger partial charge is 0.308 e. The van der Waals surface area contributed by atoms with Crippen LogP contribution in [0.3, 0.4) is 0 Å². The Morgan fingerprint density at radius 1 is 1.30 bits per heavy atom. The van der Waals surface area contributed by atoms with E-state index in [1.54, 1.807) is 12.5 Å². The van der Waals surface area contributed by atoms with Crippen molar-refractivity contribution < 1.29 is 9.53 Å². The lowest BCUT2D eigenvalue weighted by atomic mass is 10.0. The van der Waals surface area contributed by atoms with Gasteiger partial charge in [-0.3, -0.25) is 9.69 Å². The molecule has 23 heavy (non-hydrogen) atoms. The quantitative estimate of drug-likeness (QED) is 0.626. The largest absolute Gasteiger partial charge is 0.426 e. The number of ether oxygens (including phenoxy) is 1. The molecule has 0 radical (unpaired) electrons. The first-order chi connectivity index (χ1) is 10.9. The average Bonchev–Trinajstić information content (AvgIpc) is 2.51. The summed E-state index contributed by atoms with van der Waals surface area (Å²) in [6.07, 6.45) is 3.33. The molecule has 0 spiro atoms. The van der Waals surface area contributed by atoms with Gasteiger partial charge < -0.3 is 4.74 Å². The summed E-state index contributed by atoms with van der Waals surface area (Å²) in [7, 11) is 2.07. The van der Waals surface area contributed by atoms with Gasteiger partial charge in [0.05, 0.1) is 5.69 Å². The standard InChI is InChI=1S/C18H23N3O2/c1-12-8-16(9-13(2)18(12)23-15(4)22)10-21(5)14(3)17-6-7-19-11-20-17/h6-9,11,14H,10H2,1-5H3/t14-/m0/s1. The average molecular weight is 313 g/mol. The lowest BCUT2D eigenvalue weighted by Crippen LogP contribution is -2.23. The highest BCUT2D eigenvalue weighted by Gasteiger charge is 2.15. The molecule has 1 heterocycles. The first-order valence-electron chi connectivity index (χ1n) is 7.63. The lowest BCUT2D eigenvalue weighted by molar-refractivity contribution is -0.131. The summed E-state index contributed by atoms with van der Waals surface area (Å²) in [6, 6.07) is 6.25. The van der Waals surface area contributed by atoms with Crippen LogP contribution < -0.4 is 4.74 Å². The van der Waals surface area contributed by atoms with Crippen LogP contribution in [0.15, 0.2) is 30.7 Å². The molecule has 0 aliphatic rings. The molecule has 0 fully saturated rings. The molecule has 0 bridgehead atoms. The summed E-state index contributed by atoms with van der Waals surface area (Å²) in [4.78, 5) is 21.7. The first kappa shape index (κ1) is 17.1. The van der Waals surface area contributed by atoms with Gasteiger partial charge in [-0.1, -0.05) is 12.1 Å². The Kier molecular flexibility index (Phi) is 5.45. The number of rotatable bonds is 5. The van der Waals surface area contributed by atoms with Crippen molar-refractivity contribution in [3.63, 3.8) is 0 Å². The van der Waals surface area contributed by atoms with E-state index in [0.717, 1.165) is 23.4 Å². The van der Waals surface area contributed by atoms with Crippen LogP contribution in [0.5, 0.6) is 5.75 Å². The molecule has 0 N–H and O–H groups in total. The molecule has 1 aromatic carbocycles. The maximum absolute atomic E-state index is 11.2. The summed E-state index contributed by atoms with van der Waals surface area (Å²) in [5.41, 5.74) is 4.11. The number of benzene rings is 1. The topological polar surface area (TPSA) is 55.3 Å². The molecule has 1 aromatic heterocycles. The van der Waals surface area contributed by atoms with E-state index in [0.29, 0.717) is 5.75 Å². The molecule has 0 aliphatic carbocycles. The third kappa shape index (κ3) is 4.36. The van der Waals surface area contributed by atoms with Crippen molar-refractivity contribution in [3.8, 4) is 5.75 Å². The van der Waals surface area contributed by atoms with Gasteiger partial charge in [-0.2, -0.15) is 0 Å². The highest BCUT2D eigenvalue weighted by molar-refractivity contribution is 5.70. The third-order valence-electron chi connectivity index (χ3n) is 3.89. The fourth-order valence-corrected chi connectivity index (χ4v) is 2.63. The van der Waals surface area contributed by atoms with Crippen LogP contribution in [0.25, 0.3) is 0 Å². The van der Waals surface area contributed by atoms with Gasteiger partial charge in [-0.05, 0) is 50.6 Å². The predicted molar refractivity (Wildman–Crippen MR) is 89.1 cm³/mol. The Hall–Kier alpha value is -2.27. The second kappa shape index (κ2) is 7.33. The van der Waals surface area contributed by atoms with E-state index in [9.17, 15) is 4.79 Å². The third-order valence-corrected chi connectivity index (χ3v) is 3.89. The Morgan fingerprint density at radius 2 is 1.96 bits per heavy atom. The summed E-state index contributed by atoms with van der Waals surface area (Å²) in [5, 5.41) is 0. The Morgan fingerprint density at radius 3 is 2.48 bits per heavy atom. The minimum Gasteiger partial charge on any atom is -0.426 e. The molecular weight excluding hydrogens is 290 g/mol. The Labute approximate surface area is 137 Å². The molecule has 5 heteroatoms. The SMILES string of the molecule is CC(=O)Oc1c(C)cc(CN(C)[C@@H](C)c2ccncn2)cc1C. The molecule has 0 saturated heterocycles. The van der Waals surface area contributed by atoms with Crippen LogP contribution in [0.1, 0.15) is 42.3 Å². The second-order valence-corrected chi connectivity index (χ2v) is 5.88. The number of aryl methyl sites for hydroxylation is 2. The normalized spacial score (nSPS) is 12.3. The van der Waals surface area contributed by atoms with Crippen LogP contribution in [-0.4, -0.2) is 27.9 Å². The van der Waals surface area contributed by atoms with Crippen molar-refractivity contribution in [2.24, 2.45) is 0 Å². The zero-order valence-electron chi connectivity index (χ0n) is 14.3. The van der Waals surface area contributed by atoms with Crippen molar-refractivity contribution in [1.82, 2.24) is 14.9 Å². The molecule has 5 nitrogen and oxygen atoms in total. The van der Waals surface area contributed by atoms with Gasteiger partial charge in [0, 0.05) is 25.7 Å². The van der Waals surface area contributed by atoms with E-state index < -0.39 is 0 Å². The van der Waals surface area contributed by atoms with E-state index in [2.05, 4.69) is 41.0 Å². The van der Waals surface area contributed by atoms with E-state index in [1.807, 2.05) is 19.9 Å². The van der Waals surface area contributed by atoms with Crippen LogP contribution >= 0.6 is 0 Å². The van der Waals surface area contributed by atoms with Crippen LogP contribution in [0, 0.1) is 13.8 Å². The lowest BCUT2D eigenvalue weighted by Gasteiger charge is -2.24. The van der Waals surface area contributed by atoms with Gasteiger partial charge in [0.2, 0.25) is 0 Å². The van der Waals surface area contributed by atoms with Gasteiger partial charge in [0.15, 0.2) is 0 Å². The fourth-order valence-electron chi connectivity index (χ4n) is 2.63. The number of nitrogens with zero attached hydrogens (tertiary/aromatic N) is 3. The monoisotopic (exact) mass is 313 g/mol. The molecule has 0 unspecified atom stereocenters. The molecule has 0 aliphatic heterocycles. The fraction of sp³-hybridized carbons (Fsp3) is 0.389. The van der Waals surface area contributed by atoms with Gasteiger partial charge in [0.25, 0.3) is 0 Å². The number of esters is 1. The minimum atomic E-state index is -0.293. The van der Waals surface area contributed by atoms with E-state index in [4.69, 9.17) is 4.74 Å². The summed E-state index contributed by atoms with van der Waals surface area (Å²) in [5.74, 6) is 0.367. The number of hydrogen-bond acceptors (Lipinski definition) is 5. The maximum Gasteiger partial charge on any atom is 0.308 e. The molecule has 0 saturated carbocycles. The van der Waals surface area contributed by atoms with Crippen molar-refractivity contribution in [2.75, 3.05) is 7.05 Å². The van der Waals surface area contributed by atoms with Gasteiger partial charge in [-0.25, -0.2) is 9.97 Å². The number of carbonyl (C=O) groups excluding carboxylic acids is 1. The van der Waals surface area contributed by atoms with Gasteiger partial charge in [0.1, 0.15) is 12.1 Å². The van der Waals surface area contributed by atoms with Gasteiger partial charge in [-0.15, -0.1) is 0 Å². The Bertz CT molecular complexity index is 663. The molecule has 2 rings (SSSR count). The van der Waals surface area contributed by atoms with Crippen molar-refractivity contribution in [3.05, 3.63) is 53.1 Å². The van der Waals surface area contributed by atoms with Crippen LogP contribution in [0.4, 0.5) is 0 Å². The summed E-state index contributed by atoms with van der Waals surface area (Å²) < 4.78 is 5.28. The molecule has 2 aromatic rings. The van der Waals surface area contributed by atoms with Crippen molar-refractivity contribution in [1.29, 1.82) is 0 Å². The van der Waals surface area contributed by atoms with Crippen molar-refractivity contribution in [2.45, 2.75) is 40.3 Å². The highest BCUT2D eigenvalue weighted by atomic mass is 16.5. The number of hydrogen-bond donors (Lipinski definition) is 0. The van der Waals surface area contributed by atoms with Gasteiger partial charge >= 0.3 is 5.97 Å². The van der Waals surface area contributed by atoms with Crippen LogP contribution in [-0.2, 0) is 11.3 Å². The maximum atomic E-state index is 11.2. The first-order valence-corrected chi connectivity index (χ1v) is 7.63. The summed E-state index contributed by atoms with van der Waals surface area (Å²) >= 11 is 0. The van der Waals surface area contributed by atoms with Crippen LogP contribution in [0.2, 0.25) is 0 Å². The molecule has 0 amide bonds. The highest BCUT2D eigenvalue weighted by Crippen LogP contribution is 2.27. The zero-order valence-corrected chi connectivity index (χ0v) is 14.3. The number of carbonyl (C=O) groups is 1. The van der Waals surface area contributed by atoms with E-state index in [-0.39, 0.29) is 12.0 Å².